The van der Waals surface area contributed by atoms with Gasteiger partial charge in [-0.2, -0.15) is 0 Å². The summed E-state index contributed by atoms with van der Waals surface area (Å²) in [6, 6.07) is 10.7. The summed E-state index contributed by atoms with van der Waals surface area (Å²) in [5.74, 6) is 1.40. The Morgan fingerprint density at radius 1 is 0.781 bits per heavy atom. The predicted molar refractivity (Wildman–Crippen MR) is 124 cm³/mol. The Hall–Kier alpha value is -1.97. The average molecular weight is 445 g/mol. The third kappa shape index (κ3) is 5.50. The highest BCUT2D eigenvalue weighted by Crippen LogP contribution is 2.44. The van der Waals surface area contributed by atoms with Gasteiger partial charge >= 0.3 is 0 Å². The monoisotopic (exact) mass is 444 g/mol. The number of rotatable bonds is 7. The van der Waals surface area contributed by atoms with E-state index in [2.05, 4.69) is 19.1 Å². The molecule has 2 saturated carbocycles. The number of hydrogen-bond donors (Lipinski definition) is 0. The molecule has 4 heteroatoms. The SMILES string of the molecule is CC1CCC(C2CCC(c3ccc(-c4cc(F)c(OCCCF)c(F)c4)cc3)CC2)CC1. The van der Waals surface area contributed by atoms with Crippen LogP contribution in [-0.4, -0.2) is 13.3 Å². The van der Waals surface area contributed by atoms with Crippen LogP contribution in [0, 0.1) is 29.4 Å². The van der Waals surface area contributed by atoms with Crippen LogP contribution in [0.5, 0.6) is 5.75 Å². The molecule has 0 N–H and O–H groups in total. The molecular formula is C28H35F3O. The molecule has 1 nitrogen and oxygen atoms in total. The fourth-order valence-electron chi connectivity index (χ4n) is 5.72. The van der Waals surface area contributed by atoms with Gasteiger partial charge in [0.05, 0.1) is 13.3 Å². The molecule has 2 aromatic carbocycles. The second-order valence-corrected chi connectivity index (χ2v) is 9.91. The molecule has 2 aliphatic rings. The first-order valence-corrected chi connectivity index (χ1v) is 12.3. The maximum atomic E-state index is 14.3. The van der Waals surface area contributed by atoms with Gasteiger partial charge in [0, 0.05) is 6.42 Å². The highest BCUT2D eigenvalue weighted by Gasteiger charge is 2.30. The number of hydrogen-bond acceptors (Lipinski definition) is 1. The minimum Gasteiger partial charge on any atom is -0.488 e. The van der Waals surface area contributed by atoms with Crippen LogP contribution in [-0.2, 0) is 0 Å². The smallest absolute Gasteiger partial charge is 0.190 e. The molecule has 0 bridgehead atoms. The Morgan fingerprint density at radius 3 is 1.91 bits per heavy atom. The van der Waals surface area contributed by atoms with Crippen molar-refractivity contribution in [3.63, 3.8) is 0 Å². The fourth-order valence-corrected chi connectivity index (χ4v) is 5.72. The predicted octanol–water partition coefficient (Wildman–Crippen LogP) is 8.47. The van der Waals surface area contributed by atoms with E-state index in [0.717, 1.165) is 23.3 Å². The van der Waals surface area contributed by atoms with Crippen molar-refractivity contribution in [2.75, 3.05) is 13.3 Å². The molecule has 174 valence electrons. The summed E-state index contributed by atoms with van der Waals surface area (Å²) in [6.07, 6.45) is 10.9. The van der Waals surface area contributed by atoms with Gasteiger partial charge in [-0.15, -0.1) is 0 Å². The van der Waals surface area contributed by atoms with Crippen molar-refractivity contribution in [1.82, 2.24) is 0 Å². The molecule has 2 fully saturated rings. The Kier molecular flexibility index (Phi) is 7.80. The van der Waals surface area contributed by atoms with Gasteiger partial charge in [-0.1, -0.05) is 44.0 Å². The largest absolute Gasteiger partial charge is 0.488 e. The van der Waals surface area contributed by atoms with Crippen LogP contribution in [0.1, 0.15) is 76.2 Å². The van der Waals surface area contributed by atoms with E-state index in [-0.39, 0.29) is 13.0 Å². The summed E-state index contributed by atoms with van der Waals surface area (Å²) in [4.78, 5) is 0. The van der Waals surface area contributed by atoms with E-state index in [0.29, 0.717) is 11.5 Å². The van der Waals surface area contributed by atoms with Crippen molar-refractivity contribution in [1.29, 1.82) is 0 Å². The molecule has 0 atom stereocenters. The molecule has 0 heterocycles. The van der Waals surface area contributed by atoms with Crippen LogP contribution < -0.4 is 4.74 Å². The lowest BCUT2D eigenvalue weighted by Crippen LogP contribution is -2.24. The van der Waals surface area contributed by atoms with Crippen LogP contribution in [0.2, 0.25) is 0 Å². The summed E-state index contributed by atoms with van der Waals surface area (Å²) < 4.78 is 46.0. The Bertz CT molecular complexity index is 840. The van der Waals surface area contributed by atoms with Crippen molar-refractivity contribution in [2.24, 2.45) is 17.8 Å². The van der Waals surface area contributed by atoms with Gasteiger partial charge in [0.1, 0.15) is 0 Å². The zero-order valence-corrected chi connectivity index (χ0v) is 19.1. The van der Waals surface area contributed by atoms with Crippen LogP contribution in [0.15, 0.2) is 36.4 Å². The minimum atomic E-state index is -0.752. The molecule has 2 aliphatic carbocycles. The first kappa shape index (κ1) is 23.2. The third-order valence-electron chi connectivity index (χ3n) is 7.74. The quantitative estimate of drug-likeness (QED) is 0.389. The van der Waals surface area contributed by atoms with Crippen LogP contribution >= 0.6 is 0 Å². The van der Waals surface area contributed by atoms with Gasteiger partial charge in [-0.25, -0.2) is 8.78 Å². The van der Waals surface area contributed by atoms with E-state index < -0.39 is 24.1 Å². The molecule has 2 aromatic rings. The van der Waals surface area contributed by atoms with Crippen LogP contribution in [0.4, 0.5) is 13.2 Å². The molecule has 0 radical (unpaired) electrons. The normalized spacial score (nSPS) is 26.1. The lowest BCUT2D eigenvalue weighted by molar-refractivity contribution is 0.165. The summed E-state index contributed by atoms with van der Waals surface area (Å²) in [6.45, 7) is 1.77. The zero-order chi connectivity index (χ0) is 22.5. The van der Waals surface area contributed by atoms with Crippen molar-refractivity contribution >= 4 is 0 Å². The van der Waals surface area contributed by atoms with Gasteiger partial charge in [-0.05, 0) is 91.0 Å². The second-order valence-electron chi connectivity index (χ2n) is 9.91. The van der Waals surface area contributed by atoms with Crippen molar-refractivity contribution in [3.8, 4) is 16.9 Å². The van der Waals surface area contributed by atoms with Gasteiger partial charge < -0.3 is 4.74 Å². The maximum absolute atomic E-state index is 14.3. The molecule has 0 unspecified atom stereocenters. The van der Waals surface area contributed by atoms with E-state index in [1.165, 1.54) is 69.1 Å². The summed E-state index contributed by atoms with van der Waals surface area (Å²) >= 11 is 0. The molecule has 0 amide bonds. The first-order valence-electron chi connectivity index (χ1n) is 12.3. The third-order valence-corrected chi connectivity index (χ3v) is 7.74. The highest BCUT2D eigenvalue weighted by molar-refractivity contribution is 5.65. The first-order chi connectivity index (χ1) is 15.5. The summed E-state index contributed by atoms with van der Waals surface area (Å²) in [7, 11) is 0. The summed E-state index contributed by atoms with van der Waals surface area (Å²) in [5.41, 5.74) is 2.60. The number of benzene rings is 2. The van der Waals surface area contributed by atoms with Crippen LogP contribution in [0.25, 0.3) is 11.1 Å². The molecule has 0 aromatic heterocycles. The highest BCUT2D eigenvalue weighted by atomic mass is 19.1. The van der Waals surface area contributed by atoms with E-state index in [4.69, 9.17) is 4.74 Å². The molecule has 4 rings (SSSR count). The van der Waals surface area contributed by atoms with Crippen molar-refractivity contribution in [3.05, 3.63) is 53.6 Å². The molecule has 0 saturated heterocycles. The fraction of sp³-hybridized carbons (Fsp3) is 0.571. The van der Waals surface area contributed by atoms with Gasteiger partial charge in [0.2, 0.25) is 0 Å². The van der Waals surface area contributed by atoms with Gasteiger partial charge in [0.25, 0.3) is 0 Å². The van der Waals surface area contributed by atoms with E-state index in [1.54, 1.807) is 0 Å². The molecular weight excluding hydrogens is 409 g/mol. The summed E-state index contributed by atoms with van der Waals surface area (Å²) in [5, 5.41) is 0. The molecule has 0 aliphatic heterocycles. The van der Waals surface area contributed by atoms with Crippen molar-refractivity contribution in [2.45, 2.75) is 70.6 Å². The van der Waals surface area contributed by atoms with E-state index in [9.17, 15) is 13.2 Å². The Labute approximate surface area is 190 Å². The second kappa shape index (κ2) is 10.8. The molecule has 0 spiro atoms. The van der Waals surface area contributed by atoms with Crippen LogP contribution in [0.3, 0.4) is 0 Å². The van der Waals surface area contributed by atoms with Crippen molar-refractivity contribution < 1.29 is 17.9 Å². The van der Waals surface area contributed by atoms with Gasteiger partial charge in [0.15, 0.2) is 17.4 Å². The number of ether oxygens (including phenoxy) is 1. The lowest BCUT2D eigenvalue weighted by Gasteiger charge is -2.37. The minimum absolute atomic E-state index is 0.0412. The topological polar surface area (TPSA) is 9.23 Å². The van der Waals surface area contributed by atoms with E-state index >= 15 is 0 Å². The number of halogens is 3. The molecule has 32 heavy (non-hydrogen) atoms. The van der Waals surface area contributed by atoms with Gasteiger partial charge in [-0.3, -0.25) is 4.39 Å². The Morgan fingerprint density at radius 2 is 1.34 bits per heavy atom. The standard InChI is InChI=1S/C28H35F3O/c1-19-3-5-20(6-4-19)21-7-9-22(10-8-21)23-11-13-24(14-12-23)25-17-26(30)28(27(31)18-25)32-16-2-15-29/h11-14,17-22H,2-10,15-16H2,1H3. The van der Waals surface area contributed by atoms with E-state index in [1.807, 2.05) is 12.1 Å². The Balaban J connectivity index is 1.36. The lowest BCUT2D eigenvalue weighted by atomic mass is 9.68. The maximum Gasteiger partial charge on any atom is 0.190 e. The zero-order valence-electron chi connectivity index (χ0n) is 19.1. The average Bonchev–Trinajstić information content (AvgIpc) is 2.81. The number of alkyl halides is 1.